The summed E-state index contributed by atoms with van der Waals surface area (Å²) in [6, 6.07) is 4.38. The third-order valence-electron chi connectivity index (χ3n) is 2.81. The van der Waals surface area contributed by atoms with Gasteiger partial charge in [0.1, 0.15) is 5.03 Å². The van der Waals surface area contributed by atoms with Crippen molar-refractivity contribution >= 4 is 23.4 Å². The molecule has 1 fully saturated rings. The topological polar surface area (TPSA) is 24.9 Å². The lowest BCUT2D eigenvalue weighted by molar-refractivity contribution is 0.591. The number of hydrogen-bond donors (Lipinski definition) is 1. The van der Waals surface area contributed by atoms with Crippen LogP contribution in [-0.4, -0.2) is 23.3 Å². The minimum atomic E-state index is 0.605. The number of nitrogens with one attached hydrogen (secondary N) is 1. The third-order valence-corrected chi connectivity index (χ3v) is 4.64. The summed E-state index contributed by atoms with van der Waals surface area (Å²) in [5.74, 6) is 0. The van der Waals surface area contributed by atoms with E-state index in [9.17, 15) is 0 Å². The second-order valence-electron chi connectivity index (χ2n) is 3.77. The van der Waals surface area contributed by atoms with Gasteiger partial charge in [-0.25, -0.2) is 4.98 Å². The van der Waals surface area contributed by atoms with Crippen LogP contribution in [0.4, 0.5) is 0 Å². The van der Waals surface area contributed by atoms with Crippen LogP contribution in [0.15, 0.2) is 23.4 Å². The van der Waals surface area contributed by atoms with Gasteiger partial charge in [0, 0.05) is 17.5 Å². The summed E-state index contributed by atoms with van der Waals surface area (Å²) >= 11 is 7.89. The molecule has 82 valence electrons. The average Bonchev–Trinajstić information content (AvgIpc) is 2.69. The Bertz CT molecular complexity index is 332. The van der Waals surface area contributed by atoms with Crippen LogP contribution in [0.5, 0.6) is 0 Å². The molecule has 2 atom stereocenters. The minimum absolute atomic E-state index is 0.605. The Hall–Kier alpha value is -0.250. The molecule has 1 heterocycles. The van der Waals surface area contributed by atoms with E-state index in [0.717, 1.165) is 10.0 Å². The van der Waals surface area contributed by atoms with Crippen molar-refractivity contribution in [3.63, 3.8) is 0 Å². The van der Waals surface area contributed by atoms with Crippen molar-refractivity contribution in [1.29, 1.82) is 0 Å². The first-order valence-electron chi connectivity index (χ1n) is 5.25. The van der Waals surface area contributed by atoms with Gasteiger partial charge < -0.3 is 5.32 Å². The molecule has 1 saturated carbocycles. The van der Waals surface area contributed by atoms with E-state index in [4.69, 9.17) is 11.6 Å². The SMILES string of the molecule is CNC1CCCC1Sc1ncccc1Cl. The second kappa shape index (κ2) is 5.19. The fourth-order valence-corrected chi connectivity index (χ4v) is 3.56. The highest BCUT2D eigenvalue weighted by molar-refractivity contribution is 8.00. The fourth-order valence-electron chi connectivity index (χ4n) is 2.00. The predicted octanol–water partition coefficient (Wildman–Crippen LogP) is 2.97. The first-order chi connectivity index (χ1) is 7.31. The molecule has 0 spiro atoms. The second-order valence-corrected chi connectivity index (χ2v) is 5.41. The maximum Gasteiger partial charge on any atom is 0.115 e. The zero-order valence-corrected chi connectivity index (χ0v) is 10.3. The quantitative estimate of drug-likeness (QED) is 0.882. The van der Waals surface area contributed by atoms with Gasteiger partial charge in [0.2, 0.25) is 0 Å². The molecule has 1 N–H and O–H groups in total. The van der Waals surface area contributed by atoms with E-state index < -0.39 is 0 Å². The number of pyridine rings is 1. The smallest absolute Gasteiger partial charge is 0.115 e. The Kier molecular flexibility index (Phi) is 3.89. The zero-order chi connectivity index (χ0) is 10.7. The van der Waals surface area contributed by atoms with Crippen molar-refractivity contribution < 1.29 is 0 Å². The number of aromatic nitrogens is 1. The summed E-state index contributed by atoms with van der Waals surface area (Å²) < 4.78 is 0. The molecule has 2 rings (SSSR count). The minimum Gasteiger partial charge on any atom is -0.316 e. The van der Waals surface area contributed by atoms with Crippen molar-refractivity contribution in [3.8, 4) is 0 Å². The molecular formula is C11H15ClN2S. The average molecular weight is 243 g/mol. The Morgan fingerprint density at radius 2 is 2.40 bits per heavy atom. The molecule has 0 aromatic carbocycles. The maximum absolute atomic E-state index is 6.09. The summed E-state index contributed by atoms with van der Waals surface area (Å²) in [5.41, 5.74) is 0. The summed E-state index contributed by atoms with van der Waals surface area (Å²) in [4.78, 5) is 4.31. The molecule has 0 bridgehead atoms. The van der Waals surface area contributed by atoms with Crippen LogP contribution < -0.4 is 5.32 Å². The highest BCUT2D eigenvalue weighted by Crippen LogP contribution is 2.36. The van der Waals surface area contributed by atoms with Crippen LogP contribution in [-0.2, 0) is 0 Å². The van der Waals surface area contributed by atoms with Crippen molar-refractivity contribution in [2.24, 2.45) is 0 Å². The van der Waals surface area contributed by atoms with Crippen molar-refractivity contribution in [3.05, 3.63) is 23.4 Å². The number of thioether (sulfide) groups is 1. The van der Waals surface area contributed by atoms with Crippen molar-refractivity contribution in [2.75, 3.05) is 7.05 Å². The van der Waals surface area contributed by atoms with E-state index in [2.05, 4.69) is 10.3 Å². The van der Waals surface area contributed by atoms with E-state index in [-0.39, 0.29) is 0 Å². The first-order valence-corrected chi connectivity index (χ1v) is 6.51. The van der Waals surface area contributed by atoms with Gasteiger partial charge in [-0.1, -0.05) is 29.8 Å². The third kappa shape index (κ3) is 2.65. The highest BCUT2D eigenvalue weighted by atomic mass is 35.5. The summed E-state index contributed by atoms with van der Waals surface area (Å²) in [6.45, 7) is 0. The largest absolute Gasteiger partial charge is 0.316 e. The zero-order valence-electron chi connectivity index (χ0n) is 8.74. The summed E-state index contributed by atoms with van der Waals surface area (Å²) in [7, 11) is 2.03. The Morgan fingerprint density at radius 3 is 3.13 bits per heavy atom. The molecule has 1 aliphatic rings. The molecule has 2 nitrogen and oxygen atoms in total. The highest BCUT2D eigenvalue weighted by Gasteiger charge is 2.27. The number of nitrogens with zero attached hydrogens (tertiary/aromatic N) is 1. The molecule has 2 unspecified atom stereocenters. The lowest BCUT2D eigenvalue weighted by Gasteiger charge is -2.18. The number of halogens is 1. The lowest BCUT2D eigenvalue weighted by atomic mass is 10.2. The maximum atomic E-state index is 6.09. The van der Waals surface area contributed by atoms with E-state index >= 15 is 0 Å². The van der Waals surface area contributed by atoms with E-state index in [1.54, 1.807) is 18.0 Å². The van der Waals surface area contributed by atoms with Crippen LogP contribution in [0.2, 0.25) is 5.02 Å². The molecule has 0 saturated heterocycles. The van der Waals surface area contributed by atoms with Gasteiger partial charge in [0.15, 0.2) is 0 Å². The van der Waals surface area contributed by atoms with Crippen LogP contribution >= 0.6 is 23.4 Å². The Labute approximate surface area is 99.8 Å². The van der Waals surface area contributed by atoms with Gasteiger partial charge in [0.25, 0.3) is 0 Å². The predicted molar refractivity (Wildman–Crippen MR) is 65.6 cm³/mol. The Balaban J connectivity index is 2.05. The molecule has 1 aromatic rings. The van der Waals surface area contributed by atoms with Gasteiger partial charge in [-0.3, -0.25) is 0 Å². The van der Waals surface area contributed by atoms with Gasteiger partial charge in [-0.15, -0.1) is 0 Å². The van der Waals surface area contributed by atoms with Gasteiger partial charge in [-0.05, 0) is 32.0 Å². The molecule has 15 heavy (non-hydrogen) atoms. The molecular weight excluding hydrogens is 228 g/mol. The lowest BCUT2D eigenvalue weighted by Crippen LogP contribution is -2.30. The van der Waals surface area contributed by atoms with Crippen LogP contribution in [0.3, 0.4) is 0 Å². The van der Waals surface area contributed by atoms with Crippen LogP contribution in [0.25, 0.3) is 0 Å². The first kappa shape index (κ1) is 11.2. The van der Waals surface area contributed by atoms with E-state index in [1.165, 1.54) is 19.3 Å². The molecule has 1 aliphatic carbocycles. The molecule has 0 aliphatic heterocycles. The number of hydrogen-bond acceptors (Lipinski definition) is 3. The summed E-state index contributed by atoms with van der Waals surface area (Å²) in [5, 5.41) is 5.71. The van der Waals surface area contributed by atoms with Crippen LogP contribution in [0, 0.1) is 0 Å². The molecule has 4 heteroatoms. The van der Waals surface area contributed by atoms with Crippen molar-refractivity contribution in [1.82, 2.24) is 10.3 Å². The summed E-state index contributed by atoms with van der Waals surface area (Å²) in [6.07, 6.45) is 5.62. The van der Waals surface area contributed by atoms with Crippen molar-refractivity contribution in [2.45, 2.75) is 35.6 Å². The molecule has 0 radical (unpaired) electrons. The van der Waals surface area contributed by atoms with Gasteiger partial charge in [-0.2, -0.15) is 0 Å². The fraction of sp³-hybridized carbons (Fsp3) is 0.545. The number of rotatable bonds is 3. The normalized spacial score (nSPS) is 25.7. The van der Waals surface area contributed by atoms with Gasteiger partial charge >= 0.3 is 0 Å². The monoisotopic (exact) mass is 242 g/mol. The standard InChI is InChI=1S/C11H15ClN2S/c1-13-9-5-2-6-10(9)15-11-8(12)4-3-7-14-11/h3-4,7,9-10,13H,2,5-6H2,1H3. The van der Waals surface area contributed by atoms with Gasteiger partial charge in [0.05, 0.1) is 5.02 Å². The molecule has 0 amide bonds. The molecule has 1 aromatic heterocycles. The van der Waals surface area contributed by atoms with Crippen LogP contribution in [0.1, 0.15) is 19.3 Å². The van der Waals surface area contributed by atoms with E-state index in [0.29, 0.717) is 11.3 Å². The Morgan fingerprint density at radius 1 is 1.53 bits per heavy atom. The van der Waals surface area contributed by atoms with E-state index in [1.807, 2.05) is 19.2 Å².